The Balaban J connectivity index is 0.765. The largest absolute Gasteiger partial charge is 0.342 e. The minimum atomic E-state index is -0.833. The molecule has 0 radical (unpaired) electrons. The summed E-state index contributed by atoms with van der Waals surface area (Å²) in [4.78, 5) is 2.15. The first-order valence-corrected chi connectivity index (χ1v) is 24.4. The van der Waals surface area contributed by atoms with Gasteiger partial charge in [-0.15, -0.1) is 15.3 Å². The van der Waals surface area contributed by atoms with Crippen LogP contribution in [0.25, 0.3) is 0 Å². The third-order valence-corrected chi connectivity index (χ3v) is 13.8. The average Bonchev–Trinajstić information content (AvgIpc) is 4.10. The first-order valence-electron chi connectivity index (χ1n) is 24.4. The summed E-state index contributed by atoms with van der Waals surface area (Å²) in [7, 11) is 0. The van der Waals surface area contributed by atoms with Gasteiger partial charge in [-0.25, -0.2) is 14.0 Å². The quantitative estimate of drug-likeness (QED) is 0.252. The van der Waals surface area contributed by atoms with E-state index < -0.39 is 127 Å². The molecule has 0 amide bonds. The van der Waals surface area contributed by atoms with Gasteiger partial charge in [-0.1, -0.05) is 15.6 Å². The monoisotopic (exact) mass is 986 g/mol. The fourth-order valence-electron chi connectivity index (χ4n) is 11.4. The highest BCUT2D eigenvalue weighted by Crippen LogP contribution is 2.47. The molecule has 70 heavy (non-hydrogen) atoms. The summed E-state index contributed by atoms with van der Waals surface area (Å²) in [6, 6.07) is 0. The van der Waals surface area contributed by atoms with Crippen molar-refractivity contribution in [2.75, 3.05) is 0 Å². The predicted molar refractivity (Wildman–Crippen MR) is 231 cm³/mol. The van der Waals surface area contributed by atoms with Crippen LogP contribution in [-0.4, -0.2) is 177 Å². The SMILES string of the molecule is CC1(C)OC2OC(Cn3cc(CN(Cc4cn(CC5OC6OC(C)(C)OC6C6OC(C)(C)OC56)nn4)Cc4cn(CC5OC6OC(C)(C)OC6C6OC(C)(C)OC56)nn4)nn3)C3OC(C)(C)OC3C2O1. The standard InChI is InChI=1S/C45H66N10O15/c1-40(2)59-28-25(56-37-34(31(28)62-40)65-43(7,8)68-37)19-53-16-22(46-49-53)13-52(14-23-17-54(50-47-23)20-26-29-32(63-41(3,4)60-29)35-38(57-26)69-44(9,10)66-35)15-24-18-55(51-48-24)21-27-30-33(64-42(5,6)61-30)36-39(58-27)70-45(11,12)67-36/h16-18,25-39H,13-15,19-21H2,1-12H3. The molecule has 15 unspecified atom stereocenters. The Kier molecular flexibility index (Phi) is 11.4. The van der Waals surface area contributed by atoms with Crippen LogP contribution in [0, 0.1) is 0 Å². The molecule has 12 rings (SSSR count). The maximum absolute atomic E-state index is 6.48. The van der Waals surface area contributed by atoms with E-state index in [-0.39, 0.29) is 0 Å². The van der Waals surface area contributed by atoms with Crippen LogP contribution < -0.4 is 0 Å². The lowest BCUT2D eigenvalue weighted by Gasteiger charge is -2.37. The molecule has 0 saturated carbocycles. The second kappa shape index (κ2) is 16.6. The Morgan fingerprint density at radius 3 is 0.886 bits per heavy atom. The first kappa shape index (κ1) is 47.8. The summed E-state index contributed by atoms with van der Waals surface area (Å²) >= 11 is 0. The van der Waals surface area contributed by atoms with Crippen LogP contribution in [0.5, 0.6) is 0 Å². The third kappa shape index (κ3) is 9.36. The minimum absolute atomic E-state index is 0.337. The van der Waals surface area contributed by atoms with E-state index in [0.29, 0.717) is 56.4 Å². The van der Waals surface area contributed by atoms with Crippen molar-refractivity contribution >= 4 is 0 Å². The molecule has 0 N–H and O–H groups in total. The van der Waals surface area contributed by atoms with Gasteiger partial charge in [0.2, 0.25) is 0 Å². The van der Waals surface area contributed by atoms with E-state index in [1.165, 1.54) is 0 Å². The van der Waals surface area contributed by atoms with Crippen molar-refractivity contribution in [1.29, 1.82) is 0 Å². The van der Waals surface area contributed by atoms with Gasteiger partial charge in [0.1, 0.15) is 73.2 Å². The molecule has 25 heteroatoms. The lowest BCUT2D eigenvalue weighted by atomic mass is 9.99. The molecule has 9 aliphatic heterocycles. The second-order valence-electron chi connectivity index (χ2n) is 22.6. The minimum Gasteiger partial charge on any atom is -0.342 e. The topological polar surface area (TPSA) is 234 Å². The van der Waals surface area contributed by atoms with Crippen LogP contribution in [0.15, 0.2) is 18.6 Å². The molecule has 9 saturated heterocycles. The van der Waals surface area contributed by atoms with Crippen LogP contribution in [0.1, 0.15) is 100 Å². The fraction of sp³-hybridized carbons (Fsp3) is 0.867. The second-order valence-corrected chi connectivity index (χ2v) is 22.6. The molecule has 9 fully saturated rings. The van der Waals surface area contributed by atoms with Gasteiger partial charge in [-0.05, 0) is 83.1 Å². The maximum Gasteiger partial charge on any atom is 0.190 e. The van der Waals surface area contributed by atoms with E-state index in [4.69, 9.17) is 71.1 Å². The van der Waals surface area contributed by atoms with Crippen LogP contribution >= 0.6 is 0 Å². The predicted octanol–water partition coefficient (Wildman–Crippen LogP) is 1.85. The zero-order valence-corrected chi connectivity index (χ0v) is 41.7. The Morgan fingerprint density at radius 2 is 0.600 bits per heavy atom. The van der Waals surface area contributed by atoms with Gasteiger partial charge in [0, 0.05) is 38.2 Å². The van der Waals surface area contributed by atoms with Crippen LogP contribution in [0.4, 0.5) is 0 Å². The van der Waals surface area contributed by atoms with Crippen molar-refractivity contribution in [3.8, 4) is 0 Å². The molecular weight excluding hydrogens is 921 g/mol. The highest BCUT2D eigenvalue weighted by Gasteiger charge is 2.63. The van der Waals surface area contributed by atoms with E-state index >= 15 is 0 Å². The zero-order chi connectivity index (χ0) is 48.9. The van der Waals surface area contributed by atoms with Crippen molar-refractivity contribution in [2.24, 2.45) is 0 Å². The Labute approximate surface area is 405 Å². The summed E-state index contributed by atoms with van der Waals surface area (Å²) in [5, 5.41) is 27.4. The van der Waals surface area contributed by atoms with E-state index in [0.717, 1.165) is 0 Å². The van der Waals surface area contributed by atoms with Gasteiger partial charge in [0.15, 0.2) is 53.6 Å². The number of hydrogen-bond acceptors (Lipinski definition) is 22. The molecule has 0 bridgehead atoms. The summed E-state index contributed by atoms with van der Waals surface area (Å²) in [5.74, 6) is -5.00. The highest BCUT2D eigenvalue weighted by molar-refractivity contribution is 5.06. The van der Waals surface area contributed by atoms with E-state index in [9.17, 15) is 0 Å². The zero-order valence-electron chi connectivity index (χ0n) is 41.7. The van der Waals surface area contributed by atoms with Crippen molar-refractivity contribution in [3.63, 3.8) is 0 Å². The van der Waals surface area contributed by atoms with Gasteiger partial charge in [0.05, 0.1) is 36.7 Å². The Hall–Kier alpha value is -3.22. The number of nitrogens with zero attached hydrogens (tertiary/aromatic N) is 10. The van der Waals surface area contributed by atoms with Crippen LogP contribution in [-0.2, 0) is 110 Å². The van der Waals surface area contributed by atoms with Crippen molar-refractivity contribution < 1.29 is 71.1 Å². The molecular formula is C45H66N10O15. The molecule has 15 atom stereocenters. The number of ether oxygens (including phenoxy) is 15. The van der Waals surface area contributed by atoms with Gasteiger partial charge < -0.3 is 71.1 Å². The van der Waals surface area contributed by atoms with E-state index in [2.05, 4.69) is 35.8 Å². The lowest BCUT2D eigenvalue weighted by Crippen LogP contribution is -2.56. The molecule has 0 spiro atoms. The first-order chi connectivity index (χ1) is 32.9. The fourth-order valence-corrected chi connectivity index (χ4v) is 11.4. The number of hydrogen-bond donors (Lipinski definition) is 0. The Bertz CT molecular complexity index is 2150. The molecule has 3 aromatic heterocycles. The number of rotatable bonds is 12. The highest BCUT2D eigenvalue weighted by atomic mass is 16.9. The molecule has 9 aliphatic rings. The van der Waals surface area contributed by atoms with Crippen molar-refractivity contribution in [2.45, 2.75) is 249 Å². The maximum atomic E-state index is 6.48. The number of aromatic nitrogens is 9. The molecule has 12 heterocycles. The third-order valence-electron chi connectivity index (χ3n) is 13.8. The van der Waals surface area contributed by atoms with Crippen molar-refractivity contribution in [3.05, 3.63) is 35.7 Å². The normalized spacial score (nSPS) is 41.0. The molecule has 3 aromatic rings. The summed E-state index contributed by atoms with van der Waals surface area (Å²) < 4.78 is 100.0. The molecule has 25 nitrogen and oxygen atoms in total. The summed E-state index contributed by atoms with van der Waals surface area (Å²) in [6.45, 7) is 24.6. The Morgan fingerprint density at radius 1 is 0.357 bits per heavy atom. The summed E-state index contributed by atoms with van der Waals surface area (Å²) in [6.07, 6.45) is -1.29. The van der Waals surface area contributed by atoms with Gasteiger partial charge in [0.25, 0.3) is 0 Å². The van der Waals surface area contributed by atoms with Gasteiger partial charge >= 0.3 is 0 Å². The lowest BCUT2D eigenvalue weighted by molar-refractivity contribution is -0.237. The smallest absolute Gasteiger partial charge is 0.190 e. The molecule has 0 aliphatic carbocycles. The van der Waals surface area contributed by atoms with Crippen LogP contribution in [0.3, 0.4) is 0 Å². The van der Waals surface area contributed by atoms with Gasteiger partial charge in [-0.3, -0.25) is 4.90 Å². The van der Waals surface area contributed by atoms with Gasteiger partial charge in [-0.2, -0.15) is 0 Å². The van der Waals surface area contributed by atoms with E-state index in [1.54, 1.807) is 14.0 Å². The average molecular weight is 987 g/mol. The number of fused-ring (bicyclic) bond motifs is 9. The van der Waals surface area contributed by atoms with Crippen molar-refractivity contribution in [1.82, 2.24) is 49.9 Å². The van der Waals surface area contributed by atoms with Crippen LogP contribution in [0.2, 0.25) is 0 Å². The molecule has 386 valence electrons. The van der Waals surface area contributed by atoms with E-state index in [1.807, 2.05) is 102 Å². The summed E-state index contributed by atoms with van der Waals surface area (Å²) in [5.41, 5.74) is 2.11. The molecule has 0 aromatic carbocycles.